The Hall–Kier alpha value is -2.66. The summed E-state index contributed by atoms with van der Waals surface area (Å²) in [6.45, 7) is 3.21. The van der Waals surface area contributed by atoms with Crippen LogP contribution in [0.15, 0.2) is 48.8 Å². The van der Waals surface area contributed by atoms with Crippen molar-refractivity contribution < 1.29 is 5.11 Å². The van der Waals surface area contributed by atoms with Gasteiger partial charge in [0.25, 0.3) is 0 Å². The molecule has 1 saturated heterocycles. The van der Waals surface area contributed by atoms with Gasteiger partial charge in [0.05, 0.1) is 30.0 Å². The average Bonchev–Trinajstić information content (AvgIpc) is 3.10. The summed E-state index contributed by atoms with van der Waals surface area (Å²) in [6, 6.07) is 12.5. The highest BCUT2D eigenvalue weighted by molar-refractivity contribution is 5.94. The van der Waals surface area contributed by atoms with Gasteiger partial charge in [-0.1, -0.05) is 0 Å². The molecule has 128 valence electrons. The lowest BCUT2D eigenvalue weighted by atomic mass is 10.1. The van der Waals surface area contributed by atoms with Crippen molar-refractivity contribution in [3.05, 3.63) is 54.5 Å². The highest BCUT2D eigenvalue weighted by Crippen LogP contribution is 2.33. The summed E-state index contributed by atoms with van der Waals surface area (Å²) in [4.78, 5) is 11.2. The number of benzene rings is 1. The molecule has 0 bridgehead atoms. The summed E-state index contributed by atoms with van der Waals surface area (Å²) in [5.74, 6) is 0. The number of aliphatic hydroxyl groups excluding tert-OH is 1. The number of pyridine rings is 2. The van der Waals surface area contributed by atoms with Crippen molar-refractivity contribution >= 4 is 28.0 Å². The van der Waals surface area contributed by atoms with Crippen molar-refractivity contribution in [1.82, 2.24) is 9.97 Å². The van der Waals surface area contributed by atoms with Gasteiger partial charge in [0.1, 0.15) is 0 Å². The Labute approximate surface area is 147 Å². The zero-order valence-electron chi connectivity index (χ0n) is 14.3. The lowest BCUT2D eigenvalue weighted by molar-refractivity contribution is 0.266. The predicted molar refractivity (Wildman–Crippen MR) is 101 cm³/mol. The van der Waals surface area contributed by atoms with Crippen LogP contribution >= 0.6 is 0 Å². The first kappa shape index (κ1) is 15.8. The van der Waals surface area contributed by atoms with Crippen molar-refractivity contribution in [2.24, 2.45) is 0 Å². The molecule has 1 aromatic carbocycles. The van der Waals surface area contributed by atoms with Crippen LogP contribution in [0.2, 0.25) is 0 Å². The van der Waals surface area contributed by atoms with E-state index in [1.54, 1.807) is 12.4 Å². The first-order chi connectivity index (χ1) is 12.2. The molecule has 1 fully saturated rings. The van der Waals surface area contributed by atoms with Crippen LogP contribution in [0.5, 0.6) is 0 Å². The van der Waals surface area contributed by atoms with E-state index in [4.69, 9.17) is 4.98 Å². The van der Waals surface area contributed by atoms with Crippen molar-refractivity contribution in [1.29, 1.82) is 0 Å². The Bertz CT molecular complexity index is 882. The molecule has 3 aromatic rings. The van der Waals surface area contributed by atoms with Crippen LogP contribution in [0.4, 0.5) is 17.1 Å². The number of nitrogens with zero attached hydrogens (tertiary/aromatic N) is 3. The summed E-state index contributed by atoms with van der Waals surface area (Å²) in [5, 5.41) is 14.2. The van der Waals surface area contributed by atoms with E-state index in [1.807, 2.05) is 19.1 Å². The van der Waals surface area contributed by atoms with E-state index >= 15 is 0 Å². The Morgan fingerprint density at radius 3 is 2.96 bits per heavy atom. The van der Waals surface area contributed by atoms with Crippen LogP contribution < -0.4 is 10.2 Å². The van der Waals surface area contributed by atoms with Crippen LogP contribution in [0.1, 0.15) is 18.5 Å². The van der Waals surface area contributed by atoms with E-state index in [1.165, 1.54) is 5.69 Å². The van der Waals surface area contributed by atoms with Gasteiger partial charge in [0.15, 0.2) is 0 Å². The monoisotopic (exact) mass is 334 g/mol. The summed E-state index contributed by atoms with van der Waals surface area (Å²) >= 11 is 0. The Morgan fingerprint density at radius 2 is 2.16 bits per heavy atom. The smallest absolute Gasteiger partial charge is 0.0746 e. The van der Waals surface area contributed by atoms with Crippen molar-refractivity contribution in [2.75, 3.05) is 23.4 Å². The third kappa shape index (κ3) is 3.15. The summed E-state index contributed by atoms with van der Waals surface area (Å²) in [6.07, 6.45) is 5.72. The molecule has 1 aliphatic rings. The zero-order chi connectivity index (χ0) is 17.2. The first-order valence-corrected chi connectivity index (χ1v) is 8.70. The number of fused-ring (bicyclic) bond motifs is 1. The number of hydrogen-bond acceptors (Lipinski definition) is 5. The molecule has 1 atom stereocenters. The first-order valence-electron chi connectivity index (χ1n) is 8.70. The number of anilines is 3. The van der Waals surface area contributed by atoms with Crippen LogP contribution in [-0.4, -0.2) is 34.3 Å². The normalized spacial score (nSPS) is 17.2. The molecular formula is C20H22N4O. The molecule has 5 nitrogen and oxygen atoms in total. The average molecular weight is 334 g/mol. The third-order valence-corrected chi connectivity index (χ3v) is 4.76. The molecule has 2 aromatic heterocycles. The van der Waals surface area contributed by atoms with Crippen molar-refractivity contribution in [3.8, 4) is 0 Å². The predicted octanol–water partition coefficient (Wildman–Crippen LogP) is 3.64. The minimum atomic E-state index is 0.198. The van der Waals surface area contributed by atoms with E-state index in [9.17, 15) is 5.11 Å². The minimum Gasteiger partial charge on any atom is -0.394 e. The number of hydrogen-bond donors (Lipinski definition) is 2. The van der Waals surface area contributed by atoms with Crippen molar-refractivity contribution in [2.45, 2.75) is 25.8 Å². The molecular weight excluding hydrogens is 312 g/mol. The third-order valence-electron chi connectivity index (χ3n) is 4.76. The fraction of sp³-hybridized carbons (Fsp3) is 0.300. The second kappa shape index (κ2) is 6.69. The van der Waals surface area contributed by atoms with E-state index in [-0.39, 0.29) is 12.6 Å². The molecule has 1 unspecified atom stereocenters. The molecule has 4 rings (SSSR count). The zero-order valence-corrected chi connectivity index (χ0v) is 14.3. The van der Waals surface area contributed by atoms with E-state index in [2.05, 4.69) is 39.5 Å². The Morgan fingerprint density at radius 1 is 1.24 bits per heavy atom. The van der Waals surface area contributed by atoms with Gasteiger partial charge in [-0.15, -0.1) is 0 Å². The van der Waals surface area contributed by atoms with E-state index in [0.29, 0.717) is 0 Å². The molecule has 0 amide bonds. The molecule has 0 aliphatic carbocycles. The topological polar surface area (TPSA) is 61.3 Å². The van der Waals surface area contributed by atoms with Gasteiger partial charge in [0, 0.05) is 35.2 Å². The van der Waals surface area contributed by atoms with E-state index < -0.39 is 0 Å². The molecule has 0 saturated carbocycles. The lowest BCUT2D eigenvalue weighted by Crippen LogP contribution is -2.32. The van der Waals surface area contributed by atoms with Gasteiger partial charge in [-0.3, -0.25) is 9.97 Å². The van der Waals surface area contributed by atoms with Gasteiger partial charge in [-0.25, -0.2) is 0 Å². The van der Waals surface area contributed by atoms with Gasteiger partial charge in [-0.2, -0.15) is 0 Å². The number of nitrogens with one attached hydrogen (secondary N) is 1. The van der Waals surface area contributed by atoms with Gasteiger partial charge >= 0.3 is 0 Å². The summed E-state index contributed by atoms with van der Waals surface area (Å²) in [7, 11) is 0. The Kier molecular flexibility index (Phi) is 4.24. The fourth-order valence-corrected chi connectivity index (χ4v) is 3.60. The summed E-state index contributed by atoms with van der Waals surface area (Å²) in [5.41, 5.74) is 5.07. The standard InChI is InChI=1S/C20H22N4O/c1-14-10-20(24-9-3-5-17(24)13-25)18-7-6-15(11-19(18)22-14)23-16-4-2-8-21-12-16/h2,4,6-8,10-12,17,23,25H,3,5,9,13H2,1H3. The largest absolute Gasteiger partial charge is 0.394 e. The lowest BCUT2D eigenvalue weighted by Gasteiger charge is -2.27. The second-order valence-corrected chi connectivity index (χ2v) is 6.55. The quantitative estimate of drug-likeness (QED) is 0.763. The highest BCUT2D eigenvalue weighted by Gasteiger charge is 2.25. The number of aliphatic hydroxyl groups is 1. The molecule has 25 heavy (non-hydrogen) atoms. The maximum absolute atomic E-state index is 9.67. The van der Waals surface area contributed by atoms with Gasteiger partial charge in [-0.05, 0) is 56.2 Å². The minimum absolute atomic E-state index is 0.198. The Balaban J connectivity index is 1.73. The number of aromatic nitrogens is 2. The summed E-state index contributed by atoms with van der Waals surface area (Å²) < 4.78 is 0. The molecule has 3 heterocycles. The molecule has 0 spiro atoms. The van der Waals surface area contributed by atoms with Gasteiger partial charge < -0.3 is 15.3 Å². The molecule has 2 N–H and O–H groups in total. The SMILES string of the molecule is Cc1cc(N2CCCC2CO)c2ccc(Nc3cccnc3)cc2n1. The second-order valence-electron chi connectivity index (χ2n) is 6.55. The molecule has 0 radical (unpaired) electrons. The van der Waals surface area contributed by atoms with Crippen LogP contribution in [0, 0.1) is 6.92 Å². The molecule has 1 aliphatic heterocycles. The van der Waals surface area contributed by atoms with Crippen LogP contribution in [0.3, 0.4) is 0 Å². The van der Waals surface area contributed by atoms with Gasteiger partial charge in [0.2, 0.25) is 0 Å². The van der Waals surface area contributed by atoms with Crippen LogP contribution in [-0.2, 0) is 0 Å². The maximum Gasteiger partial charge on any atom is 0.0746 e. The number of rotatable bonds is 4. The highest BCUT2D eigenvalue weighted by atomic mass is 16.3. The fourth-order valence-electron chi connectivity index (χ4n) is 3.60. The van der Waals surface area contributed by atoms with Crippen molar-refractivity contribution in [3.63, 3.8) is 0 Å². The van der Waals surface area contributed by atoms with E-state index in [0.717, 1.165) is 47.4 Å². The van der Waals surface area contributed by atoms with Crippen LogP contribution in [0.25, 0.3) is 10.9 Å². The molecule has 5 heteroatoms. The maximum atomic E-state index is 9.67. The number of aryl methyl sites for hydroxylation is 1.